The topological polar surface area (TPSA) is 22.0 Å². The summed E-state index contributed by atoms with van der Waals surface area (Å²) in [5, 5.41) is 0. The predicted molar refractivity (Wildman–Crippen MR) is 56.8 cm³/mol. The summed E-state index contributed by atoms with van der Waals surface area (Å²) in [5.74, 6) is 0. The third-order valence-electron chi connectivity index (χ3n) is 2.01. The number of pyridine rings is 1. The highest BCUT2D eigenvalue weighted by Gasteiger charge is 1.97. The van der Waals surface area contributed by atoms with Crippen LogP contribution in [-0.2, 0) is 0 Å². The Labute approximate surface area is 83.8 Å². The van der Waals surface area contributed by atoms with Crippen LogP contribution >= 0.6 is 0 Å². The van der Waals surface area contributed by atoms with E-state index in [0.29, 0.717) is 0 Å². The first-order chi connectivity index (χ1) is 7.18. The minimum atomic E-state index is -0.285. The molecule has 1 aromatic carbocycles. The van der Waals surface area contributed by atoms with Crippen molar-refractivity contribution in [2.45, 2.75) is 6.92 Å². The molecule has 0 amide bonds. The van der Waals surface area contributed by atoms with Gasteiger partial charge in [-0.2, -0.15) is 0 Å². The number of rotatable bonds is 1. The van der Waals surface area contributed by atoms with Gasteiger partial charge >= 0.3 is 0 Å². The monoisotopic (exact) mass is 186 g/mol. The summed E-state index contributed by atoms with van der Waals surface area (Å²) in [6.45, 7) is 1.87. The van der Waals surface area contributed by atoms with Crippen LogP contribution in [-0.4, -0.2) is 4.57 Å². The summed E-state index contributed by atoms with van der Waals surface area (Å²) in [6.07, 6.45) is 1.75. The quantitative estimate of drug-likeness (QED) is 0.668. The van der Waals surface area contributed by atoms with Crippen molar-refractivity contribution in [2.75, 3.05) is 0 Å². The van der Waals surface area contributed by atoms with Gasteiger partial charge in [0.05, 0.1) is 1.37 Å². The van der Waals surface area contributed by atoms with Crippen molar-refractivity contribution >= 4 is 0 Å². The molecule has 0 fully saturated rings. The molecule has 0 aliphatic heterocycles. The smallest absolute Gasteiger partial charge is 0.255 e. The Hall–Kier alpha value is -1.83. The molecule has 2 heteroatoms. The molecule has 0 spiro atoms. The molecule has 0 bridgehead atoms. The van der Waals surface area contributed by atoms with Crippen molar-refractivity contribution in [1.82, 2.24) is 4.57 Å². The number of para-hydroxylation sites is 1. The Morgan fingerprint density at radius 3 is 2.64 bits per heavy atom. The number of nitrogens with zero attached hydrogens (tertiary/aromatic N) is 1. The van der Waals surface area contributed by atoms with Crippen molar-refractivity contribution < 1.29 is 1.37 Å². The zero-order valence-electron chi connectivity index (χ0n) is 8.90. The van der Waals surface area contributed by atoms with Crippen LogP contribution in [0.5, 0.6) is 0 Å². The molecular weight excluding hydrogens is 174 g/mol. The summed E-state index contributed by atoms with van der Waals surface area (Å²) in [5.41, 5.74) is 1.41. The Bertz CT molecular complexity index is 531. The number of aromatic nitrogens is 1. The molecular formula is C12H11NO. The zero-order chi connectivity index (χ0) is 10.8. The average molecular weight is 186 g/mol. The lowest BCUT2D eigenvalue weighted by atomic mass is 10.3. The van der Waals surface area contributed by atoms with Crippen LogP contribution in [0.15, 0.2) is 53.4 Å². The highest BCUT2D eigenvalue weighted by atomic mass is 16.1. The van der Waals surface area contributed by atoms with Crippen LogP contribution in [0.25, 0.3) is 5.69 Å². The van der Waals surface area contributed by atoms with Crippen LogP contribution in [0, 0.1) is 6.92 Å². The Balaban J connectivity index is 2.69. The second-order valence-electron chi connectivity index (χ2n) is 3.17. The number of hydrogen-bond acceptors (Lipinski definition) is 1. The van der Waals surface area contributed by atoms with E-state index >= 15 is 0 Å². The summed E-state index contributed by atoms with van der Waals surface area (Å²) in [4.78, 5) is 11.7. The average Bonchev–Trinajstić information content (AvgIpc) is 2.24. The zero-order valence-corrected chi connectivity index (χ0v) is 7.90. The van der Waals surface area contributed by atoms with Gasteiger partial charge in [-0.3, -0.25) is 9.36 Å². The minimum absolute atomic E-state index is 0.0267. The fourth-order valence-electron chi connectivity index (χ4n) is 1.33. The third kappa shape index (κ3) is 1.59. The van der Waals surface area contributed by atoms with Crippen LogP contribution < -0.4 is 5.56 Å². The maximum Gasteiger partial charge on any atom is 0.255 e. The molecule has 0 aliphatic rings. The van der Waals surface area contributed by atoms with Gasteiger partial charge in [0.15, 0.2) is 0 Å². The van der Waals surface area contributed by atoms with E-state index in [9.17, 15) is 4.79 Å². The van der Waals surface area contributed by atoms with E-state index < -0.39 is 0 Å². The molecule has 14 heavy (non-hydrogen) atoms. The van der Waals surface area contributed by atoms with Crippen molar-refractivity contribution in [1.29, 1.82) is 0 Å². The molecule has 2 nitrogen and oxygen atoms in total. The lowest BCUT2D eigenvalue weighted by Crippen LogP contribution is -2.16. The van der Waals surface area contributed by atoms with Gasteiger partial charge in [-0.25, -0.2) is 0 Å². The van der Waals surface area contributed by atoms with E-state index in [1.807, 2.05) is 37.3 Å². The Kier molecular flexibility index (Phi) is 1.89. The van der Waals surface area contributed by atoms with Gasteiger partial charge in [0.25, 0.3) is 5.56 Å². The van der Waals surface area contributed by atoms with E-state index in [2.05, 4.69) is 0 Å². The van der Waals surface area contributed by atoms with Gasteiger partial charge < -0.3 is 0 Å². The van der Waals surface area contributed by atoms with E-state index in [-0.39, 0.29) is 11.6 Å². The van der Waals surface area contributed by atoms with Crippen LogP contribution in [0.4, 0.5) is 0 Å². The number of hydrogen-bond donors (Lipinski definition) is 0. The lowest BCUT2D eigenvalue weighted by Gasteiger charge is -2.05. The predicted octanol–water partition coefficient (Wildman–Crippen LogP) is 2.15. The number of benzene rings is 1. The van der Waals surface area contributed by atoms with Crippen molar-refractivity contribution in [3.05, 3.63) is 64.6 Å². The van der Waals surface area contributed by atoms with Crippen LogP contribution in [0.2, 0.25) is 0 Å². The van der Waals surface area contributed by atoms with Gasteiger partial charge in [0.1, 0.15) is 0 Å². The van der Waals surface area contributed by atoms with Gasteiger partial charge in [-0.15, -0.1) is 0 Å². The van der Waals surface area contributed by atoms with Gasteiger partial charge in [0.2, 0.25) is 0 Å². The molecule has 2 aromatic rings. The Morgan fingerprint density at radius 2 is 1.93 bits per heavy atom. The van der Waals surface area contributed by atoms with Gasteiger partial charge in [0, 0.05) is 17.9 Å². The maximum absolute atomic E-state index is 11.7. The first-order valence-electron chi connectivity index (χ1n) is 4.94. The largest absolute Gasteiger partial charge is 0.284 e. The molecule has 0 saturated carbocycles. The molecule has 0 aliphatic carbocycles. The fourth-order valence-corrected chi connectivity index (χ4v) is 1.33. The SMILES string of the molecule is [2H]c1cc(C)cn(-c2ccccc2)c1=O. The normalized spacial score (nSPS) is 11.1. The van der Waals surface area contributed by atoms with Gasteiger partial charge in [-0.05, 0) is 24.6 Å². The Morgan fingerprint density at radius 1 is 1.21 bits per heavy atom. The van der Waals surface area contributed by atoms with E-state index in [0.717, 1.165) is 11.3 Å². The second-order valence-corrected chi connectivity index (χ2v) is 3.17. The summed E-state index contributed by atoms with van der Waals surface area (Å²) in [6, 6.07) is 10.9. The summed E-state index contributed by atoms with van der Waals surface area (Å²) in [7, 11) is 0. The van der Waals surface area contributed by atoms with E-state index in [4.69, 9.17) is 1.37 Å². The molecule has 1 heterocycles. The molecule has 70 valence electrons. The minimum Gasteiger partial charge on any atom is -0.284 e. The van der Waals surface area contributed by atoms with Gasteiger partial charge in [-0.1, -0.05) is 24.3 Å². The molecule has 0 radical (unpaired) electrons. The van der Waals surface area contributed by atoms with Crippen molar-refractivity contribution in [2.24, 2.45) is 0 Å². The maximum atomic E-state index is 11.7. The van der Waals surface area contributed by atoms with Crippen molar-refractivity contribution in [3.8, 4) is 5.69 Å². The summed E-state index contributed by atoms with van der Waals surface area (Å²) < 4.78 is 9.01. The molecule has 0 unspecified atom stereocenters. The molecule has 0 saturated heterocycles. The summed E-state index contributed by atoms with van der Waals surface area (Å²) >= 11 is 0. The van der Waals surface area contributed by atoms with E-state index in [1.54, 1.807) is 12.3 Å². The van der Waals surface area contributed by atoms with Crippen LogP contribution in [0.3, 0.4) is 0 Å². The highest BCUT2D eigenvalue weighted by molar-refractivity contribution is 5.32. The first-order valence-corrected chi connectivity index (χ1v) is 4.44. The first kappa shape index (κ1) is 7.56. The third-order valence-corrected chi connectivity index (χ3v) is 2.01. The fraction of sp³-hybridized carbons (Fsp3) is 0.0833. The van der Waals surface area contributed by atoms with Crippen molar-refractivity contribution in [3.63, 3.8) is 0 Å². The molecule has 0 N–H and O–H groups in total. The van der Waals surface area contributed by atoms with Crippen LogP contribution in [0.1, 0.15) is 6.93 Å². The molecule has 0 atom stereocenters. The molecule has 1 aromatic heterocycles. The molecule has 2 rings (SSSR count). The number of aryl methyl sites for hydroxylation is 1. The highest BCUT2D eigenvalue weighted by Crippen LogP contribution is 2.04. The standard InChI is InChI=1S/C12H11NO/c1-10-7-8-12(14)13(9-10)11-5-3-2-4-6-11/h2-9H,1H3/i8D. The second kappa shape index (κ2) is 3.50. The lowest BCUT2D eigenvalue weighted by molar-refractivity contribution is 0.976. The van der Waals surface area contributed by atoms with E-state index in [1.165, 1.54) is 4.57 Å².